The summed E-state index contributed by atoms with van der Waals surface area (Å²) in [6.45, 7) is 9.59. The smallest absolute Gasteiger partial charge is 0.157 e. The maximum atomic E-state index is 12.9. The molecule has 0 bridgehead atoms. The summed E-state index contributed by atoms with van der Waals surface area (Å²) in [6, 6.07) is 0. The summed E-state index contributed by atoms with van der Waals surface area (Å²) >= 11 is 0. The van der Waals surface area contributed by atoms with Crippen molar-refractivity contribution in [2.45, 2.75) is 90.1 Å². The molecule has 0 amide bonds. The Hall–Kier alpha value is -0.450. The molecule has 2 saturated carbocycles. The van der Waals surface area contributed by atoms with E-state index < -0.39 is 11.9 Å². The van der Waals surface area contributed by atoms with Gasteiger partial charge in [0.25, 0.3) is 0 Å². The first kappa shape index (κ1) is 17.0. The van der Waals surface area contributed by atoms with E-state index in [4.69, 9.17) is 9.47 Å². The van der Waals surface area contributed by atoms with E-state index in [9.17, 15) is 9.90 Å². The maximum Gasteiger partial charge on any atom is 0.157 e. The summed E-state index contributed by atoms with van der Waals surface area (Å²) in [6.07, 6.45) is 5.86. The van der Waals surface area contributed by atoms with Crippen molar-refractivity contribution in [2.24, 2.45) is 22.7 Å². The molecule has 0 aromatic rings. The monoisotopic (exact) mass is 336 g/mol. The SMILES string of the molecule is C[C@@H]1C(=O)C[C@H]2C(C)(C)CCC[C@]2(C)[C@@]12CC[C@]1(CO[C@@H](O)C1)O2. The number of hydrogen-bond acceptors (Lipinski definition) is 4. The van der Waals surface area contributed by atoms with Crippen molar-refractivity contribution in [3.8, 4) is 0 Å². The van der Waals surface area contributed by atoms with Crippen molar-refractivity contribution in [1.29, 1.82) is 0 Å². The van der Waals surface area contributed by atoms with Crippen LogP contribution in [0, 0.1) is 22.7 Å². The summed E-state index contributed by atoms with van der Waals surface area (Å²) in [7, 11) is 0. The normalized spacial score (nSPS) is 53.7. The van der Waals surface area contributed by atoms with Crippen molar-refractivity contribution < 1.29 is 19.4 Å². The Labute approximate surface area is 145 Å². The lowest BCUT2D eigenvalue weighted by atomic mass is 9.44. The molecule has 0 aromatic carbocycles. The minimum atomic E-state index is -0.721. The molecule has 4 aliphatic rings. The quantitative estimate of drug-likeness (QED) is 0.736. The van der Waals surface area contributed by atoms with E-state index in [-0.39, 0.29) is 22.3 Å². The van der Waals surface area contributed by atoms with Gasteiger partial charge in [0.1, 0.15) is 5.78 Å². The summed E-state index contributed by atoms with van der Waals surface area (Å²) < 4.78 is 12.3. The number of rotatable bonds is 0. The first-order valence-electron chi connectivity index (χ1n) is 9.67. The fourth-order valence-electron chi connectivity index (χ4n) is 6.80. The Morgan fingerprint density at radius 3 is 2.54 bits per heavy atom. The number of ketones is 1. The van der Waals surface area contributed by atoms with Crippen LogP contribution in [0.5, 0.6) is 0 Å². The summed E-state index contributed by atoms with van der Waals surface area (Å²) in [5.74, 6) is 0.679. The van der Waals surface area contributed by atoms with E-state index >= 15 is 0 Å². The van der Waals surface area contributed by atoms with Gasteiger partial charge in [-0.3, -0.25) is 4.79 Å². The number of aliphatic hydroxyl groups excluding tert-OH is 1. The van der Waals surface area contributed by atoms with Crippen LogP contribution in [0.25, 0.3) is 0 Å². The molecule has 2 aliphatic heterocycles. The third kappa shape index (κ3) is 2.05. The standard InChI is InChI=1S/C20H32O4/c1-13-14(21)10-15-17(2,3)6-5-7-18(15,4)20(13)9-8-19(24-20)11-16(22)23-12-19/h13,15-16,22H,5-12H2,1-4H3/t13-,15+,16-,18+,19+,20-/m1/s1. The molecule has 6 atom stereocenters. The molecular weight excluding hydrogens is 304 g/mol. The van der Waals surface area contributed by atoms with Crippen LogP contribution >= 0.6 is 0 Å². The van der Waals surface area contributed by atoms with Crippen LogP contribution in [0.2, 0.25) is 0 Å². The number of hydrogen-bond donors (Lipinski definition) is 1. The van der Waals surface area contributed by atoms with Crippen molar-refractivity contribution in [1.82, 2.24) is 0 Å². The highest BCUT2D eigenvalue weighted by Gasteiger charge is 2.69. The molecule has 2 spiro atoms. The molecule has 0 aromatic heterocycles. The zero-order chi connectivity index (χ0) is 17.4. The molecule has 24 heavy (non-hydrogen) atoms. The van der Waals surface area contributed by atoms with Gasteiger partial charge < -0.3 is 14.6 Å². The average molecular weight is 336 g/mol. The fourth-order valence-corrected chi connectivity index (χ4v) is 6.80. The van der Waals surface area contributed by atoms with E-state index in [0.717, 1.165) is 19.3 Å². The third-order valence-electron chi connectivity index (χ3n) is 8.22. The largest absolute Gasteiger partial charge is 0.368 e. The molecule has 4 rings (SSSR count). The average Bonchev–Trinajstić information content (AvgIpc) is 3.05. The Morgan fingerprint density at radius 2 is 1.88 bits per heavy atom. The Morgan fingerprint density at radius 1 is 1.12 bits per heavy atom. The molecular formula is C20H32O4. The van der Waals surface area contributed by atoms with E-state index in [1.807, 2.05) is 0 Å². The molecule has 2 saturated heterocycles. The summed E-state index contributed by atoms with van der Waals surface area (Å²) in [5.41, 5.74) is -0.571. The number of carbonyl (C=O) groups is 1. The molecule has 4 fully saturated rings. The van der Waals surface area contributed by atoms with Crippen molar-refractivity contribution >= 4 is 5.78 Å². The van der Waals surface area contributed by atoms with Crippen LogP contribution in [0.1, 0.15) is 72.6 Å². The Kier molecular flexibility index (Phi) is 3.57. The maximum absolute atomic E-state index is 12.9. The molecule has 2 heterocycles. The number of carbonyl (C=O) groups excluding carboxylic acids is 1. The van der Waals surface area contributed by atoms with Crippen molar-refractivity contribution in [2.75, 3.05) is 6.61 Å². The third-order valence-corrected chi connectivity index (χ3v) is 8.22. The van der Waals surface area contributed by atoms with Crippen LogP contribution in [0.3, 0.4) is 0 Å². The van der Waals surface area contributed by atoms with Gasteiger partial charge in [-0.2, -0.15) is 0 Å². The first-order valence-corrected chi connectivity index (χ1v) is 9.67. The minimum Gasteiger partial charge on any atom is -0.368 e. The van der Waals surface area contributed by atoms with Crippen molar-refractivity contribution in [3.63, 3.8) is 0 Å². The van der Waals surface area contributed by atoms with Gasteiger partial charge >= 0.3 is 0 Å². The number of aliphatic hydroxyl groups is 1. The van der Waals surface area contributed by atoms with Crippen LogP contribution in [-0.2, 0) is 14.3 Å². The first-order chi connectivity index (χ1) is 11.1. The highest BCUT2D eigenvalue weighted by molar-refractivity contribution is 5.84. The van der Waals surface area contributed by atoms with Gasteiger partial charge in [-0.15, -0.1) is 0 Å². The second kappa shape index (κ2) is 5.05. The topological polar surface area (TPSA) is 55.8 Å². The zero-order valence-electron chi connectivity index (χ0n) is 15.6. The van der Waals surface area contributed by atoms with Gasteiger partial charge in [0.05, 0.1) is 17.8 Å². The van der Waals surface area contributed by atoms with E-state index in [1.165, 1.54) is 12.8 Å². The van der Waals surface area contributed by atoms with Gasteiger partial charge in [0.2, 0.25) is 0 Å². The van der Waals surface area contributed by atoms with Gasteiger partial charge in [0.15, 0.2) is 6.29 Å². The molecule has 136 valence electrons. The molecule has 4 heteroatoms. The van der Waals surface area contributed by atoms with Crippen LogP contribution in [-0.4, -0.2) is 35.0 Å². The Bertz CT molecular complexity index is 558. The van der Waals surface area contributed by atoms with Crippen LogP contribution < -0.4 is 0 Å². The summed E-state index contributed by atoms with van der Waals surface area (Å²) in [4.78, 5) is 12.9. The molecule has 1 N–H and O–H groups in total. The number of ether oxygens (including phenoxy) is 2. The predicted molar refractivity (Wildman–Crippen MR) is 90.4 cm³/mol. The lowest BCUT2D eigenvalue weighted by Gasteiger charge is -2.63. The van der Waals surface area contributed by atoms with Gasteiger partial charge in [0, 0.05) is 24.2 Å². The van der Waals surface area contributed by atoms with E-state index in [2.05, 4.69) is 27.7 Å². The minimum absolute atomic E-state index is 0.0269. The zero-order valence-corrected chi connectivity index (χ0v) is 15.6. The lowest BCUT2D eigenvalue weighted by Crippen LogP contribution is -2.65. The second-order valence-electron chi connectivity index (χ2n) is 9.85. The lowest BCUT2D eigenvalue weighted by molar-refractivity contribution is -0.239. The molecule has 2 aliphatic carbocycles. The number of fused-ring (bicyclic) bond motifs is 2. The van der Waals surface area contributed by atoms with Crippen molar-refractivity contribution in [3.05, 3.63) is 0 Å². The molecule has 0 unspecified atom stereocenters. The molecule has 0 radical (unpaired) electrons. The fraction of sp³-hybridized carbons (Fsp3) is 0.950. The second-order valence-corrected chi connectivity index (χ2v) is 9.85. The van der Waals surface area contributed by atoms with Crippen LogP contribution in [0.15, 0.2) is 0 Å². The Balaban J connectivity index is 1.76. The van der Waals surface area contributed by atoms with Gasteiger partial charge in [-0.25, -0.2) is 0 Å². The molecule has 4 nitrogen and oxygen atoms in total. The van der Waals surface area contributed by atoms with Gasteiger partial charge in [-0.1, -0.05) is 34.1 Å². The van der Waals surface area contributed by atoms with Crippen LogP contribution in [0.4, 0.5) is 0 Å². The number of Topliss-reactive ketones (excluding diaryl/α,β-unsaturated/α-hetero) is 1. The highest BCUT2D eigenvalue weighted by atomic mass is 16.6. The highest BCUT2D eigenvalue weighted by Crippen LogP contribution is 2.67. The van der Waals surface area contributed by atoms with E-state index in [0.29, 0.717) is 31.1 Å². The predicted octanol–water partition coefficient (Wildman–Crippen LogP) is 3.45. The van der Waals surface area contributed by atoms with Gasteiger partial charge in [-0.05, 0) is 37.0 Å². The summed E-state index contributed by atoms with van der Waals surface area (Å²) in [5, 5.41) is 9.87. The van der Waals surface area contributed by atoms with E-state index in [1.54, 1.807) is 0 Å².